The molecule has 2 amide bonds. The molecule has 0 unspecified atom stereocenters. The second-order valence-corrected chi connectivity index (χ2v) is 9.82. The van der Waals surface area contributed by atoms with Gasteiger partial charge in [0, 0.05) is 17.8 Å². The summed E-state index contributed by atoms with van der Waals surface area (Å²) < 4.78 is 5.22. The highest BCUT2D eigenvalue weighted by atomic mass is 32.1. The minimum absolute atomic E-state index is 0.203. The third kappa shape index (κ3) is 6.00. The Morgan fingerprint density at radius 3 is 2.42 bits per heavy atom. The van der Waals surface area contributed by atoms with Gasteiger partial charge < -0.3 is 15.4 Å². The van der Waals surface area contributed by atoms with Crippen LogP contribution in [0.25, 0.3) is 0 Å². The van der Waals surface area contributed by atoms with Crippen molar-refractivity contribution in [3.63, 3.8) is 0 Å². The highest BCUT2D eigenvalue weighted by molar-refractivity contribution is 7.19. The number of esters is 1. The molecule has 3 rings (SSSR count). The number of benzene rings is 1. The molecule has 0 bridgehead atoms. The zero-order valence-electron chi connectivity index (χ0n) is 20.2. The molecule has 0 spiro atoms. The number of nitrogens with zero attached hydrogens (tertiary/aromatic N) is 1. The lowest BCUT2D eigenvalue weighted by atomic mass is 10.1. The van der Waals surface area contributed by atoms with Crippen molar-refractivity contribution in [1.82, 2.24) is 4.90 Å². The maximum Gasteiger partial charge on any atom is 0.341 e. The summed E-state index contributed by atoms with van der Waals surface area (Å²) in [6.45, 7) is 11.9. The summed E-state index contributed by atoms with van der Waals surface area (Å²) in [5, 5.41) is 6.15. The summed E-state index contributed by atoms with van der Waals surface area (Å²) in [6.07, 6.45) is 2.20. The van der Waals surface area contributed by atoms with E-state index in [1.54, 1.807) is 13.8 Å². The van der Waals surface area contributed by atoms with Crippen molar-refractivity contribution in [2.45, 2.75) is 66.5 Å². The van der Waals surface area contributed by atoms with Gasteiger partial charge in [0.15, 0.2) is 0 Å². The topological polar surface area (TPSA) is 87.7 Å². The molecule has 1 heterocycles. The number of rotatable bonds is 9. The van der Waals surface area contributed by atoms with Crippen LogP contribution in [-0.4, -0.2) is 47.9 Å². The number of carbonyl (C=O) groups is 3. The summed E-state index contributed by atoms with van der Waals surface area (Å²) in [7, 11) is 0. The van der Waals surface area contributed by atoms with Gasteiger partial charge in [-0.3, -0.25) is 14.5 Å². The second kappa shape index (κ2) is 10.5. The van der Waals surface area contributed by atoms with E-state index < -0.39 is 5.97 Å². The number of ether oxygens (including phenoxy) is 1. The third-order valence-corrected chi connectivity index (χ3v) is 6.93. The van der Waals surface area contributed by atoms with E-state index in [2.05, 4.69) is 29.4 Å². The Labute approximate surface area is 199 Å². The fourth-order valence-electron chi connectivity index (χ4n) is 3.87. The minimum Gasteiger partial charge on any atom is -0.462 e. The molecule has 1 aliphatic rings. The van der Waals surface area contributed by atoms with Crippen LogP contribution in [0.4, 0.5) is 10.7 Å². The molecule has 2 aromatic rings. The first-order valence-electron chi connectivity index (χ1n) is 11.4. The van der Waals surface area contributed by atoms with Crippen LogP contribution in [0.1, 0.15) is 70.3 Å². The van der Waals surface area contributed by atoms with E-state index in [-0.39, 0.29) is 36.6 Å². The lowest BCUT2D eigenvalue weighted by Crippen LogP contribution is -2.39. The highest BCUT2D eigenvalue weighted by Gasteiger charge is 2.33. The Balaban J connectivity index is 1.86. The summed E-state index contributed by atoms with van der Waals surface area (Å²) in [5.74, 6) is -1.07. The van der Waals surface area contributed by atoms with E-state index in [9.17, 15) is 14.4 Å². The van der Waals surface area contributed by atoms with Gasteiger partial charge in [0.1, 0.15) is 5.00 Å². The van der Waals surface area contributed by atoms with Crippen LogP contribution in [0.5, 0.6) is 0 Å². The molecule has 7 nitrogen and oxygen atoms in total. The highest BCUT2D eigenvalue weighted by Crippen LogP contribution is 2.35. The summed E-state index contributed by atoms with van der Waals surface area (Å²) >= 11 is 1.10. The Morgan fingerprint density at radius 2 is 1.85 bits per heavy atom. The molecule has 178 valence electrons. The molecule has 1 aromatic heterocycles. The Morgan fingerprint density at radius 1 is 1.15 bits per heavy atom. The van der Waals surface area contributed by atoms with Crippen molar-refractivity contribution in [1.29, 1.82) is 0 Å². The number of anilines is 2. The van der Waals surface area contributed by atoms with Crippen LogP contribution in [0.2, 0.25) is 0 Å². The van der Waals surface area contributed by atoms with Gasteiger partial charge >= 0.3 is 5.97 Å². The molecule has 0 radical (unpaired) electrons. The van der Waals surface area contributed by atoms with Crippen molar-refractivity contribution < 1.29 is 19.1 Å². The summed E-state index contributed by atoms with van der Waals surface area (Å²) in [5.41, 5.74) is 3.50. The molecule has 1 aromatic carbocycles. The number of amides is 2. The molecule has 33 heavy (non-hydrogen) atoms. The number of hydrogen-bond donors (Lipinski definition) is 2. The largest absolute Gasteiger partial charge is 0.462 e. The Bertz CT molecular complexity index is 1050. The summed E-state index contributed by atoms with van der Waals surface area (Å²) in [4.78, 5) is 41.2. The quantitative estimate of drug-likeness (QED) is 0.507. The van der Waals surface area contributed by atoms with Gasteiger partial charge in [-0.2, -0.15) is 0 Å². The van der Waals surface area contributed by atoms with E-state index in [1.807, 2.05) is 32.0 Å². The minimum atomic E-state index is -0.546. The first-order valence-corrected chi connectivity index (χ1v) is 12.2. The first kappa shape index (κ1) is 24.9. The average Bonchev–Trinajstić information content (AvgIpc) is 3.51. The van der Waals surface area contributed by atoms with E-state index >= 15 is 0 Å². The van der Waals surface area contributed by atoms with Crippen LogP contribution in [0.3, 0.4) is 0 Å². The normalized spacial score (nSPS) is 13.3. The summed E-state index contributed by atoms with van der Waals surface area (Å²) in [6, 6.07) is 6.47. The number of aryl methyl sites for hydroxylation is 2. The van der Waals surface area contributed by atoms with Crippen molar-refractivity contribution >= 4 is 39.8 Å². The molecular formula is C25H33N3O4S. The SMILES string of the molecule is CCOC(=O)c1c(NC(=O)CN(C(C)C)C2CC2)sc(C(=O)Nc2ccc(C)cc2C)c1C. The van der Waals surface area contributed by atoms with Crippen LogP contribution < -0.4 is 10.6 Å². The molecule has 1 saturated carbocycles. The number of nitrogens with one attached hydrogen (secondary N) is 2. The molecule has 8 heteroatoms. The molecule has 0 atom stereocenters. The Hall–Kier alpha value is -2.71. The molecule has 0 saturated heterocycles. The van der Waals surface area contributed by atoms with Gasteiger partial charge in [-0.25, -0.2) is 4.79 Å². The number of carbonyl (C=O) groups excluding carboxylic acids is 3. The predicted molar refractivity (Wildman–Crippen MR) is 132 cm³/mol. The second-order valence-electron chi connectivity index (χ2n) is 8.80. The Kier molecular flexibility index (Phi) is 7.92. The van der Waals surface area contributed by atoms with E-state index in [0.29, 0.717) is 27.2 Å². The number of thiophene rings is 1. The van der Waals surface area contributed by atoms with Gasteiger partial charge in [-0.1, -0.05) is 17.7 Å². The zero-order valence-corrected chi connectivity index (χ0v) is 21.0. The van der Waals surface area contributed by atoms with Gasteiger partial charge in [-0.15, -0.1) is 11.3 Å². The molecule has 1 aliphatic carbocycles. The predicted octanol–water partition coefficient (Wildman–Crippen LogP) is 4.91. The van der Waals surface area contributed by atoms with E-state index in [4.69, 9.17) is 4.74 Å². The van der Waals surface area contributed by atoms with E-state index in [1.165, 1.54) is 0 Å². The lowest BCUT2D eigenvalue weighted by Gasteiger charge is -2.25. The van der Waals surface area contributed by atoms with Crippen LogP contribution in [0.15, 0.2) is 18.2 Å². The standard InChI is InChI=1S/C25H33N3O4S/c1-7-32-25(31)21-17(6)22(23(30)26-19-11-8-15(4)12-16(19)5)33-24(21)27-20(29)13-28(14(2)3)18-9-10-18/h8,11-12,14,18H,7,9-10,13H2,1-6H3,(H,26,30)(H,27,29). The fraction of sp³-hybridized carbons (Fsp3) is 0.480. The van der Waals surface area contributed by atoms with Crippen LogP contribution in [0, 0.1) is 20.8 Å². The van der Waals surface area contributed by atoms with Crippen molar-refractivity contribution in [3.05, 3.63) is 45.3 Å². The molecule has 1 fully saturated rings. The van der Waals surface area contributed by atoms with Crippen molar-refractivity contribution in [2.24, 2.45) is 0 Å². The van der Waals surface area contributed by atoms with Crippen molar-refractivity contribution in [2.75, 3.05) is 23.8 Å². The van der Waals surface area contributed by atoms with Gasteiger partial charge in [-0.05, 0) is 71.6 Å². The van der Waals surface area contributed by atoms with Crippen molar-refractivity contribution in [3.8, 4) is 0 Å². The lowest BCUT2D eigenvalue weighted by molar-refractivity contribution is -0.117. The average molecular weight is 472 g/mol. The maximum absolute atomic E-state index is 13.1. The molecule has 2 N–H and O–H groups in total. The number of hydrogen-bond acceptors (Lipinski definition) is 6. The van der Waals surface area contributed by atoms with Gasteiger partial charge in [0.05, 0.1) is 23.6 Å². The maximum atomic E-state index is 13.1. The van der Waals surface area contributed by atoms with Crippen LogP contribution >= 0.6 is 11.3 Å². The van der Waals surface area contributed by atoms with E-state index in [0.717, 1.165) is 35.3 Å². The molecular weight excluding hydrogens is 438 g/mol. The van der Waals surface area contributed by atoms with Gasteiger partial charge in [0.2, 0.25) is 5.91 Å². The zero-order chi connectivity index (χ0) is 24.3. The molecule has 0 aliphatic heterocycles. The smallest absolute Gasteiger partial charge is 0.341 e. The monoisotopic (exact) mass is 471 g/mol. The van der Waals surface area contributed by atoms with Gasteiger partial charge in [0.25, 0.3) is 5.91 Å². The fourth-order valence-corrected chi connectivity index (χ4v) is 4.98. The first-order chi connectivity index (χ1) is 15.6. The third-order valence-electron chi connectivity index (χ3n) is 5.72. The van der Waals surface area contributed by atoms with Crippen LogP contribution in [-0.2, 0) is 9.53 Å².